The van der Waals surface area contributed by atoms with E-state index < -0.39 is 121 Å². The van der Waals surface area contributed by atoms with Crippen molar-refractivity contribution in [3.63, 3.8) is 0 Å². The van der Waals surface area contributed by atoms with Gasteiger partial charge in [0.25, 0.3) is 5.91 Å². The number of aliphatic carboxylic acids is 1. The van der Waals surface area contributed by atoms with Crippen LogP contribution < -0.4 is 48.3 Å². The second-order valence-corrected chi connectivity index (χ2v) is 16.6. The average Bonchev–Trinajstić information content (AvgIpc) is 3.75. The number of alkyl halides is 1. The van der Waals surface area contributed by atoms with Crippen LogP contribution in [0.15, 0.2) is 36.5 Å². The van der Waals surface area contributed by atoms with Crippen molar-refractivity contribution >= 4 is 53.3 Å². The van der Waals surface area contributed by atoms with Crippen LogP contribution in [0.4, 0.5) is 4.39 Å². The Kier molecular flexibility index (Phi) is 21.6. The molecular formula is C42H62FN13O13. The number of nitrogens with zero attached hydrogens (tertiary/aromatic N) is 3. The molecule has 2 aliphatic heterocycles. The Morgan fingerprint density at radius 2 is 1.39 bits per heavy atom. The van der Waals surface area contributed by atoms with Crippen LogP contribution in [0.5, 0.6) is 0 Å². The van der Waals surface area contributed by atoms with Gasteiger partial charge in [-0.05, 0) is 57.4 Å². The van der Waals surface area contributed by atoms with Gasteiger partial charge in [0.15, 0.2) is 12.1 Å². The number of guanidine groups is 1. The van der Waals surface area contributed by atoms with E-state index in [1.54, 1.807) is 30.3 Å². The molecule has 0 saturated carbocycles. The van der Waals surface area contributed by atoms with Crippen molar-refractivity contribution < 1.29 is 67.9 Å². The molecule has 69 heavy (non-hydrogen) atoms. The summed E-state index contributed by atoms with van der Waals surface area (Å²) < 4.78 is 19.4. The first-order valence-electron chi connectivity index (χ1n) is 22.4. The largest absolute Gasteiger partial charge is 0.481 e. The van der Waals surface area contributed by atoms with Crippen molar-refractivity contribution in [3.8, 4) is 0 Å². The molecule has 0 radical (unpaired) electrons. The van der Waals surface area contributed by atoms with E-state index in [-0.39, 0.29) is 77.1 Å². The van der Waals surface area contributed by atoms with Crippen LogP contribution in [-0.2, 0) is 62.5 Å². The zero-order valence-electron chi connectivity index (χ0n) is 37.9. The first kappa shape index (κ1) is 54.8. The number of aliphatic hydroxyl groups excluding tert-OH is 3. The van der Waals surface area contributed by atoms with E-state index >= 15 is 0 Å². The minimum atomic E-state index is -1.87. The summed E-state index contributed by atoms with van der Waals surface area (Å²) in [5.74, 6) is -7.77. The van der Waals surface area contributed by atoms with Crippen LogP contribution in [0, 0.1) is 5.41 Å². The summed E-state index contributed by atoms with van der Waals surface area (Å²) in [6.45, 7) is 0.104. The standard InChI is InChI=1S/C42H62FN13O13/c1-22-36(63)52-28(18-31(58)59)40(67)53-27(17-23-9-3-2-4-10-23)39(66)51-25(38(65)50-26(37(64)49-22)13-8-16-47-42(44)45)12-5-6-15-46-41(68)35-34(62)33(61)32(60)29(69-35)19-48-30(57)21-56-20-24(54-55-56)11-7-14-43/h2-4,9-10,20,22,25-29,32-35,60-62H,5-8,11-19,21H2,1H3,(H,46,68)(H,48,57)(H,49,64)(H,50,65)(H,51,66)(H,52,63)(H,53,67)(H,58,59)(H4,44,45,47)/t22-,25-,26-,27+,28-,29+,32-,33?,34-,35?/m0/s1/i43-1. The third-order valence-electron chi connectivity index (χ3n) is 11.1. The van der Waals surface area contributed by atoms with Crippen molar-refractivity contribution in [2.24, 2.45) is 5.73 Å². The Hall–Kier alpha value is -6.84. The molecule has 4 rings (SSSR count). The second-order valence-electron chi connectivity index (χ2n) is 16.6. The van der Waals surface area contributed by atoms with Crippen molar-refractivity contribution in [1.82, 2.24) is 57.5 Å². The van der Waals surface area contributed by atoms with Gasteiger partial charge in [-0.2, -0.15) is 0 Å². The molecule has 2 fully saturated rings. The fourth-order valence-electron chi connectivity index (χ4n) is 7.32. The molecule has 26 nitrogen and oxygen atoms in total. The molecule has 15 N–H and O–H groups in total. The summed E-state index contributed by atoms with van der Waals surface area (Å²) in [4.78, 5) is 106. The monoisotopic (exact) mass is 974 g/mol. The number of aliphatic hydroxyl groups is 3. The van der Waals surface area contributed by atoms with Crippen molar-refractivity contribution in [2.75, 3.05) is 26.3 Å². The molecule has 0 bridgehead atoms. The lowest BCUT2D eigenvalue weighted by Gasteiger charge is -2.40. The normalized spacial score (nSPS) is 25.8. The number of nitrogens with two attached hydrogens (primary N) is 1. The second kappa shape index (κ2) is 27.2. The van der Waals surface area contributed by atoms with E-state index in [2.05, 4.69) is 52.8 Å². The highest BCUT2D eigenvalue weighted by Gasteiger charge is 2.46. The number of carboxylic acids is 1. The fraction of sp³-hybridized carbons (Fsp3) is 0.595. The Morgan fingerprint density at radius 3 is 2.06 bits per heavy atom. The predicted octanol–water partition coefficient (Wildman–Crippen LogP) is -5.13. The molecule has 2 aromatic rings. The van der Waals surface area contributed by atoms with Gasteiger partial charge in [0.05, 0.1) is 18.8 Å². The number of hydrogen-bond donors (Lipinski definition) is 14. The smallest absolute Gasteiger partial charge is 0.305 e. The maximum Gasteiger partial charge on any atom is 0.305 e. The molecule has 380 valence electrons. The molecule has 2 aliphatic rings. The Bertz CT molecular complexity index is 2100. The lowest BCUT2D eigenvalue weighted by Crippen LogP contribution is -2.63. The maximum atomic E-state index is 14.1. The molecule has 1 aromatic heterocycles. The topological polar surface area (TPSA) is 404 Å². The zero-order valence-corrected chi connectivity index (χ0v) is 37.9. The number of hydrogen-bond acceptors (Lipinski definition) is 15. The van der Waals surface area contributed by atoms with Crippen LogP contribution in [0.2, 0.25) is 0 Å². The van der Waals surface area contributed by atoms with Gasteiger partial charge in [-0.25, -0.2) is 4.68 Å². The zero-order chi connectivity index (χ0) is 50.6. The molecule has 3 heterocycles. The number of benzene rings is 1. The summed E-state index contributed by atoms with van der Waals surface area (Å²) in [7, 11) is 0. The van der Waals surface area contributed by atoms with E-state index in [4.69, 9.17) is 15.9 Å². The highest BCUT2D eigenvalue weighted by molar-refractivity contribution is 5.98. The van der Waals surface area contributed by atoms with Gasteiger partial charge in [-0.3, -0.25) is 48.2 Å². The summed E-state index contributed by atoms with van der Waals surface area (Å²) >= 11 is 0. The molecule has 10 atom stereocenters. The maximum absolute atomic E-state index is 14.1. The van der Waals surface area contributed by atoms with E-state index in [0.717, 1.165) is 0 Å². The number of carbonyl (C=O) groups is 8. The van der Waals surface area contributed by atoms with E-state index in [9.17, 15) is 63.2 Å². The van der Waals surface area contributed by atoms with Gasteiger partial charge in [0.2, 0.25) is 35.4 Å². The summed E-state index contributed by atoms with van der Waals surface area (Å²) in [5, 5.41) is 76.7. The van der Waals surface area contributed by atoms with Crippen molar-refractivity contribution in [1.29, 1.82) is 5.41 Å². The lowest BCUT2D eigenvalue weighted by atomic mass is 9.94. The molecule has 2 saturated heterocycles. The minimum absolute atomic E-state index is 0.0431. The molecule has 27 heteroatoms. The fourth-order valence-corrected chi connectivity index (χ4v) is 7.32. The number of ether oxygens (including phenoxy) is 1. The molecule has 0 spiro atoms. The van der Waals surface area contributed by atoms with Gasteiger partial charge >= 0.3 is 5.97 Å². The highest BCUT2D eigenvalue weighted by atomic mass is 18.2. The van der Waals surface area contributed by atoms with E-state index in [1.807, 2.05) is 0 Å². The first-order chi connectivity index (χ1) is 32.9. The number of aryl methyl sites for hydroxylation is 1. The number of rotatable bonds is 21. The third kappa shape index (κ3) is 17.6. The Labute approximate surface area is 395 Å². The van der Waals surface area contributed by atoms with E-state index in [0.29, 0.717) is 17.7 Å². The third-order valence-corrected chi connectivity index (χ3v) is 11.1. The van der Waals surface area contributed by atoms with Crippen molar-refractivity contribution in [2.45, 2.75) is 132 Å². The number of nitrogens with one attached hydrogen (secondary N) is 9. The SMILES string of the molecule is C[C@@H]1NC(=O)[C@H](CCCNC(=N)N)NC(=O)[C@H](CCCCNC(=O)C2O[C@H](CNC(=O)Cn3cc(CCC[18F])nn3)[C@H](O)C(O)[C@@H]2O)NC(=O)[C@@H](Cc2ccccc2)NC(=O)[C@H](CC(=O)O)NC1=O. The number of aromatic nitrogens is 3. The number of unbranched alkanes of at least 4 members (excludes halogenated alkanes) is 1. The molecule has 7 amide bonds. The summed E-state index contributed by atoms with van der Waals surface area (Å²) in [6, 6.07) is 1.31. The number of carbonyl (C=O) groups excluding carboxylic acids is 7. The lowest BCUT2D eigenvalue weighted by molar-refractivity contribution is -0.219. The molecular weight excluding hydrogens is 913 g/mol. The quantitative estimate of drug-likeness (QED) is 0.0316. The predicted molar refractivity (Wildman–Crippen MR) is 238 cm³/mol. The van der Waals surface area contributed by atoms with Crippen LogP contribution >= 0.6 is 0 Å². The first-order valence-corrected chi connectivity index (χ1v) is 22.4. The molecule has 0 aliphatic carbocycles. The minimum Gasteiger partial charge on any atom is -0.481 e. The van der Waals surface area contributed by atoms with Gasteiger partial charge in [-0.1, -0.05) is 35.5 Å². The average molecular weight is 975 g/mol. The van der Waals surface area contributed by atoms with Crippen LogP contribution in [0.25, 0.3) is 0 Å². The Morgan fingerprint density at radius 1 is 0.783 bits per heavy atom. The summed E-state index contributed by atoms with van der Waals surface area (Å²) in [6.07, 6.45) is -7.13. The van der Waals surface area contributed by atoms with Gasteiger partial charge in [0, 0.05) is 32.3 Å². The van der Waals surface area contributed by atoms with Gasteiger partial charge in [0.1, 0.15) is 61.2 Å². The highest BCUT2D eigenvalue weighted by Crippen LogP contribution is 2.21. The Balaban J connectivity index is 1.46. The molecule has 2 unspecified atom stereocenters. The number of amides is 7. The number of halogens is 1. The summed E-state index contributed by atoms with van der Waals surface area (Å²) in [5.41, 5.74) is 6.43. The van der Waals surface area contributed by atoms with Gasteiger partial charge < -0.3 is 73.4 Å². The van der Waals surface area contributed by atoms with Crippen LogP contribution in [0.3, 0.4) is 0 Å². The molecule has 1 aromatic carbocycles. The van der Waals surface area contributed by atoms with Crippen molar-refractivity contribution in [3.05, 3.63) is 47.8 Å². The van der Waals surface area contributed by atoms with Gasteiger partial charge in [-0.15, -0.1) is 5.10 Å². The van der Waals surface area contributed by atoms with E-state index in [1.165, 1.54) is 17.8 Å². The number of carboxylic acid groups (broad SMARTS) is 1. The van der Waals surface area contributed by atoms with Crippen LogP contribution in [0.1, 0.15) is 63.1 Å². The van der Waals surface area contributed by atoms with Crippen LogP contribution in [-0.4, -0.2) is 176 Å².